The van der Waals surface area contributed by atoms with Crippen LogP contribution in [-0.2, 0) is 11.3 Å². The maximum absolute atomic E-state index is 11.6. The second-order valence-corrected chi connectivity index (χ2v) is 5.90. The first-order valence-corrected chi connectivity index (χ1v) is 7.75. The molecule has 4 heteroatoms. The van der Waals surface area contributed by atoms with Crippen LogP contribution in [-0.4, -0.2) is 36.5 Å². The van der Waals surface area contributed by atoms with E-state index in [1.807, 2.05) is 13.0 Å². The smallest absolute Gasteiger partial charge is 0.220 e. The minimum absolute atomic E-state index is 0.0895. The molecule has 0 aliphatic heterocycles. The number of nitrogens with two attached hydrogens (primary N) is 1. The number of benzene rings is 1. The third kappa shape index (κ3) is 7.83. The number of hydrogen-bond donors (Lipinski definition) is 2. The molecule has 0 saturated heterocycles. The summed E-state index contributed by atoms with van der Waals surface area (Å²) >= 11 is 0. The van der Waals surface area contributed by atoms with Gasteiger partial charge in [-0.15, -0.1) is 0 Å². The van der Waals surface area contributed by atoms with E-state index in [0.717, 1.165) is 25.9 Å². The number of carbonyl (C=O) groups is 1. The van der Waals surface area contributed by atoms with Crippen LogP contribution in [0.15, 0.2) is 30.3 Å². The average Bonchev–Trinajstić information content (AvgIpc) is 2.46. The molecule has 3 N–H and O–H groups in total. The van der Waals surface area contributed by atoms with Crippen molar-refractivity contribution in [3.8, 4) is 0 Å². The quantitative estimate of drug-likeness (QED) is 0.733. The Balaban J connectivity index is 2.20. The lowest BCUT2D eigenvalue weighted by molar-refractivity contribution is -0.121. The van der Waals surface area contributed by atoms with Gasteiger partial charge in [-0.2, -0.15) is 0 Å². The maximum Gasteiger partial charge on any atom is 0.220 e. The first-order valence-electron chi connectivity index (χ1n) is 7.75. The molecule has 0 spiro atoms. The van der Waals surface area contributed by atoms with Gasteiger partial charge in [0.25, 0.3) is 0 Å². The summed E-state index contributed by atoms with van der Waals surface area (Å²) in [4.78, 5) is 13.9. The van der Waals surface area contributed by atoms with Crippen LogP contribution in [0.5, 0.6) is 0 Å². The summed E-state index contributed by atoms with van der Waals surface area (Å²) in [6, 6.07) is 11.0. The van der Waals surface area contributed by atoms with Crippen LogP contribution >= 0.6 is 0 Å². The molecule has 1 aromatic carbocycles. The number of carbonyl (C=O) groups excluding carboxylic acids is 1. The molecule has 1 amide bonds. The predicted octanol–water partition coefficient (Wildman–Crippen LogP) is 2.14. The summed E-state index contributed by atoms with van der Waals surface area (Å²) < 4.78 is 0. The largest absolute Gasteiger partial charge is 0.356 e. The summed E-state index contributed by atoms with van der Waals surface area (Å²) in [5, 5.41) is 2.97. The molecule has 0 fully saturated rings. The van der Waals surface area contributed by atoms with Crippen LogP contribution < -0.4 is 11.1 Å². The van der Waals surface area contributed by atoms with Gasteiger partial charge < -0.3 is 11.1 Å². The zero-order valence-corrected chi connectivity index (χ0v) is 13.5. The molecule has 0 aromatic heterocycles. The van der Waals surface area contributed by atoms with Gasteiger partial charge in [-0.1, -0.05) is 30.3 Å². The van der Waals surface area contributed by atoms with E-state index in [2.05, 4.69) is 48.5 Å². The zero-order valence-electron chi connectivity index (χ0n) is 13.5. The average molecular weight is 291 g/mol. The van der Waals surface area contributed by atoms with Gasteiger partial charge in [-0.25, -0.2) is 0 Å². The van der Waals surface area contributed by atoms with E-state index in [9.17, 15) is 4.79 Å². The van der Waals surface area contributed by atoms with Gasteiger partial charge in [0.2, 0.25) is 5.91 Å². The van der Waals surface area contributed by atoms with E-state index >= 15 is 0 Å². The Hall–Kier alpha value is -1.39. The van der Waals surface area contributed by atoms with E-state index < -0.39 is 0 Å². The summed E-state index contributed by atoms with van der Waals surface area (Å²) in [6.07, 6.45) is 2.22. The fourth-order valence-corrected chi connectivity index (χ4v) is 2.12. The van der Waals surface area contributed by atoms with Crippen molar-refractivity contribution in [1.82, 2.24) is 10.2 Å². The van der Waals surface area contributed by atoms with Gasteiger partial charge in [0.05, 0.1) is 0 Å². The van der Waals surface area contributed by atoms with E-state index in [1.54, 1.807) is 0 Å². The van der Waals surface area contributed by atoms with E-state index in [4.69, 9.17) is 5.73 Å². The van der Waals surface area contributed by atoms with Crippen LogP contribution in [0.4, 0.5) is 0 Å². The lowest BCUT2D eigenvalue weighted by atomic mass is 10.1. The number of amides is 1. The molecular weight excluding hydrogens is 262 g/mol. The highest BCUT2D eigenvalue weighted by molar-refractivity contribution is 5.75. The Morgan fingerprint density at radius 2 is 1.90 bits per heavy atom. The van der Waals surface area contributed by atoms with Crippen LogP contribution in [0.3, 0.4) is 0 Å². The predicted molar refractivity (Wildman–Crippen MR) is 87.9 cm³/mol. The van der Waals surface area contributed by atoms with Gasteiger partial charge in [0.1, 0.15) is 0 Å². The van der Waals surface area contributed by atoms with Gasteiger partial charge >= 0.3 is 0 Å². The molecule has 0 saturated carbocycles. The van der Waals surface area contributed by atoms with E-state index in [-0.39, 0.29) is 11.9 Å². The SMILES string of the molecule is CC(N)CCC(=O)NCCC(C)N(C)Cc1ccccc1. The Bertz CT molecular complexity index is 406. The van der Waals surface area contributed by atoms with Gasteiger partial charge in [0, 0.05) is 31.6 Å². The second kappa shape index (κ2) is 9.53. The second-order valence-electron chi connectivity index (χ2n) is 5.90. The molecule has 1 rings (SSSR count). The summed E-state index contributed by atoms with van der Waals surface area (Å²) in [6.45, 7) is 5.77. The molecule has 4 nitrogen and oxygen atoms in total. The van der Waals surface area contributed by atoms with Crippen LogP contribution in [0.2, 0.25) is 0 Å². The third-order valence-electron chi connectivity index (χ3n) is 3.74. The van der Waals surface area contributed by atoms with E-state index in [0.29, 0.717) is 12.5 Å². The van der Waals surface area contributed by atoms with Gasteiger partial charge in [-0.05, 0) is 39.3 Å². The topological polar surface area (TPSA) is 58.4 Å². The Labute approximate surface area is 128 Å². The fourth-order valence-electron chi connectivity index (χ4n) is 2.12. The van der Waals surface area contributed by atoms with Crippen molar-refractivity contribution in [2.24, 2.45) is 5.73 Å². The summed E-state index contributed by atoms with van der Waals surface area (Å²) in [5.74, 6) is 0.102. The minimum atomic E-state index is 0.0895. The Morgan fingerprint density at radius 1 is 1.24 bits per heavy atom. The highest BCUT2D eigenvalue weighted by Crippen LogP contribution is 2.07. The molecule has 0 aliphatic rings. The van der Waals surface area contributed by atoms with Gasteiger partial charge in [-0.3, -0.25) is 9.69 Å². The van der Waals surface area contributed by atoms with Crippen molar-refractivity contribution in [3.63, 3.8) is 0 Å². The molecule has 118 valence electrons. The molecule has 0 heterocycles. The van der Waals surface area contributed by atoms with Crippen LogP contribution in [0.1, 0.15) is 38.7 Å². The third-order valence-corrected chi connectivity index (χ3v) is 3.74. The van der Waals surface area contributed by atoms with Crippen molar-refractivity contribution in [2.75, 3.05) is 13.6 Å². The zero-order chi connectivity index (χ0) is 15.7. The normalized spacial score (nSPS) is 14.0. The van der Waals surface area contributed by atoms with Crippen LogP contribution in [0, 0.1) is 0 Å². The number of rotatable bonds is 9. The Kier molecular flexibility index (Phi) is 8.01. The molecular formula is C17H29N3O. The summed E-state index contributed by atoms with van der Waals surface area (Å²) in [7, 11) is 2.12. The number of hydrogen-bond acceptors (Lipinski definition) is 3. The molecule has 2 atom stereocenters. The summed E-state index contributed by atoms with van der Waals surface area (Å²) in [5.41, 5.74) is 6.96. The Morgan fingerprint density at radius 3 is 2.52 bits per heavy atom. The lowest BCUT2D eigenvalue weighted by Crippen LogP contribution is -2.34. The molecule has 2 unspecified atom stereocenters. The first-order chi connectivity index (χ1) is 9.99. The van der Waals surface area contributed by atoms with Crippen molar-refractivity contribution in [3.05, 3.63) is 35.9 Å². The lowest BCUT2D eigenvalue weighted by Gasteiger charge is -2.25. The standard InChI is InChI=1S/C17H29N3O/c1-14(18)9-10-17(21)19-12-11-15(2)20(3)13-16-7-5-4-6-8-16/h4-8,14-15H,9-13,18H2,1-3H3,(H,19,21). The van der Waals surface area contributed by atoms with E-state index in [1.165, 1.54) is 5.56 Å². The van der Waals surface area contributed by atoms with Crippen molar-refractivity contribution in [2.45, 2.75) is 51.7 Å². The highest BCUT2D eigenvalue weighted by Gasteiger charge is 2.10. The minimum Gasteiger partial charge on any atom is -0.356 e. The first kappa shape index (κ1) is 17.7. The van der Waals surface area contributed by atoms with Crippen molar-refractivity contribution in [1.29, 1.82) is 0 Å². The number of nitrogens with one attached hydrogen (secondary N) is 1. The maximum atomic E-state index is 11.6. The van der Waals surface area contributed by atoms with Crippen molar-refractivity contribution >= 4 is 5.91 Å². The number of nitrogens with zero attached hydrogens (tertiary/aromatic N) is 1. The molecule has 0 radical (unpaired) electrons. The van der Waals surface area contributed by atoms with Crippen LogP contribution in [0.25, 0.3) is 0 Å². The molecule has 0 bridgehead atoms. The van der Waals surface area contributed by atoms with Crippen molar-refractivity contribution < 1.29 is 4.79 Å². The van der Waals surface area contributed by atoms with Gasteiger partial charge in [0.15, 0.2) is 0 Å². The fraction of sp³-hybridized carbons (Fsp3) is 0.588. The molecule has 1 aromatic rings. The monoisotopic (exact) mass is 291 g/mol. The molecule has 21 heavy (non-hydrogen) atoms. The highest BCUT2D eigenvalue weighted by atomic mass is 16.1. The molecule has 0 aliphatic carbocycles.